The van der Waals surface area contributed by atoms with Gasteiger partial charge in [-0.3, -0.25) is 9.59 Å². The van der Waals surface area contributed by atoms with Crippen LogP contribution in [0.15, 0.2) is 36.4 Å². The number of carboxylic acids is 1. The molecule has 0 spiro atoms. The maximum atomic E-state index is 14.5. The zero-order valence-electron chi connectivity index (χ0n) is 21.5. The molecule has 2 N–H and O–H groups in total. The Kier molecular flexibility index (Phi) is 7.63. The molecular weight excluding hydrogens is 492 g/mol. The van der Waals surface area contributed by atoms with Gasteiger partial charge >= 0.3 is 5.97 Å². The Balaban J connectivity index is 1.57. The highest BCUT2D eigenvalue weighted by atomic mass is 19.2. The monoisotopic (exact) mass is 525 g/mol. The van der Waals surface area contributed by atoms with E-state index in [1.54, 1.807) is 23.8 Å². The Bertz CT molecular complexity index is 1310. The van der Waals surface area contributed by atoms with Crippen LogP contribution in [0.4, 0.5) is 8.78 Å². The van der Waals surface area contributed by atoms with Crippen molar-refractivity contribution in [2.75, 3.05) is 7.11 Å². The largest absolute Gasteiger partial charge is 0.497 e. The molecule has 3 aromatic rings. The van der Waals surface area contributed by atoms with Gasteiger partial charge in [0.25, 0.3) is 0 Å². The van der Waals surface area contributed by atoms with Crippen LogP contribution in [0, 0.1) is 23.5 Å². The fourth-order valence-electron chi connectivity index (χ4n) is 6.08. The van der Waals surface area contributed by atoms with Crippen LogP contribution in [0.2, 0.25) is 0 Å². The number of carboxylic acid groups (broad SMARTS) is 1. The van der Waals surface area contributed by atoms with E-state index in [0.717, 1.165) is 44.2 Å². The minimum absolute atomic E-state index is 0.00150. The van der Waals surface area contributed by atoms with E-state index in [2.05, 4.69) is 10.3 Å². The molecule has 2 aromatic carbocycles. The second-order valence-electron chi connectivity index (χ2n) is 10.5. The van der Waals surface area contributed by atoms with Crippen molar-refractivity contribution >= 4 is 22.9 Å². The Morgan fingerprint density at radius 3 is 2.29 bits per heavy atom. The number of methoxy groups -OCH3 is 1. The number of nitrogens with zero attached hydrogens (tertiary/aromatic N) is 2. The first-order chi connectivity index (χ1) is 18.4. The summed E-state index contributed by atoms with van der Waals surface area (Å²) < 4.78 is 35.9. The number of benzene rings is 2. The minimum atomic E-state index is -0.991. The Hall–Kier alpha value is -3.49. The molecule has 0 aliphatic heterocycles. The van der Waals surface area contributed by atoms with Crippen molar-refractivity contribution in [3.63, 3.8) is 0 Å². The third-order valence-electron chi connectivity index (χ3n) is 8.15. The number of aromatic nitrogens is 2. The topological polar surface area (TPSA) is 93.5 Å². The molecule has 7 nitrogen and oxygen atoms in total. The molecule has 2 fully saturated rings. The average molecular weight is 526 g/mol. The summed E-state index contributed by atoms with van der Waals surface area (Å²) in [5, 5.41) is 12.5. The lowest BCUT2D eigenvalue weighted by atomic mass is 9.82. The van der Waals surface area contributed by atoms with Gasteiger partial charge < -0.3 is 19.7 Å². The molecule has 0 bridgehead atoms. The Labute approximate surface area is 220 Å². The average Bonchev–Trinajstić information content (AvgIpc) is 3.27. The SMILES string of the molecule is COc1ccc(-c2nc3cc(F)c(F)cc3n2C(C(=O)N[C@H]2CC[C@H](C(=O)O)CC2)C2CCCCC2)cc1. The number of fused-ring (bicyclic) bond motifs is 1. The third kappa shape index (κ3) is 5.24. The highest BCUT2D eigenvalue weighted by molar-refractivity contribution is 5.87. The molecule has 2 aliphatic carbocycles. The molecule has 202 valence electrons. The quantitative estimate of drug-likeness (QED) is 0.402. The number of ether oxygens (including phenoxy) is 1. The highest BCUT2D eigenvalue weighted by Gasteiger charge is 2.36. The van der Waals surface area contributed by atoms with Crippen molar-refractivity contribution in [2.24, 2.45) is 11.8 Å². The summed E-state index contributed by atoms with van der Waals surface area (Å²) in [7, 11) is 1.57. The van der Waals surface area contributed by atoms with Crippen LogP contribution in [0.1, 0.15) is 63.8 Å². The lowest BCUT2D eigenvalue weighted by molar-refractivity contribution is -0.142. The van der Waals surface area contributed by atoms with Gasteiger partial charge in [-0.2, -0.15) is 0 Å². The summed E-state index contributed by atoms with van der Waals surface area (Å²) in [5.74, 6) is -2.21. The van der Waals surface area contributed by atoms with E-state index < -0.39 is 23.6 Å². The zero-order chi connectivity index (χ0) is 26.8. The van der Waals surface area contributed by atoms with Gasteiger partial charge in [-0.05, 0) is 68.7 Å². The van der Waals surface area contributed by atoms with E-state index in [0.29, 0.717) is 48.3 Å². The number of imidazole rings is 1. The van der Waals surface area contributed by atoms with Crippen LogP contribution in [-0.4, -0.2) is 39.7 Å². The van der Waals surface area contributed by atoms with Crippen molar-refractivity contribution in [1.29, 1.82) is 0 Å². The van der Waals surface area contributed by atoms with Gasteiger partial charge in [-0.15, -0.1) is 0 Å². The van der Waals surface area contributed by atoms with Crippen LogP contribution < -0.4 is 10.1 Å². The molecule has 1 amide bonds. The van der Waals surface area contributed by atoms with Gasteiger partial charge in [-0.25, -0.2) is 13.8 Å². The molecule has 9 heteroatoms. The van der Waals surface area contributed by atoms with E-state index in [1.165, 1.54) is 0 Å². The van der Waals surface area contributed by atoms with E-state index in [1.807, 2.05) is 12.1 Å². The van der Waals surface area contributed by atoms with Crippen LogP contribution in [0.5, 0.6) is 5.75 Å². The number of carbonyl (C=O) groups excluding carboxylic acids is 1. The molecule has 1 heterocycles. The standard InChI is InChI=1S/C29H33F2N3O4/c1-38-21-13-9-18(10-14-21)27-33-24-15-22(30)23(31)16-25(24)34(27)26(17-5-3-2-4-6-17)28(35)32-20-11-7-19(8-12-20)29(36)37/h9-10,13-17,19-20,26H,2-8,11-12H2,1H3,(H,32,35)(H,36,37)/t19-,20-,26?. The summed E-state index contributed by atoms with van der Waals surface area (Å²) in [5.41, 5.74) is 1.36. The highest BCUT2D eigenvalue weighted by Crippen LogP contribution is 2.39. The normalized spacial score (nSPS) is 21.2. The molecule has 5 rings (SSSR count). The van der Waals surface area contributed by atoms with Gasteiger partial charge in [0.1, 0.15) is 17.6 Å². The van der Waals surface area contributed by atoms with Crippen LogP contribution in [0.25, 0.3) is 22.4 Å². The molecular formula is C29H33F2N3O4. The predicted molar refractivity (Wildman–Crippen MR) is 139 cm³/mol. The van der Waals surface area contributed by atoms with Crippen LogP contribution >= 0.6 is 0 Å². The second kappa shape index (κ2) is 11.1. The summed E-state index contributed by atoms with van der Waals surface area (Å²) in [6, 6.07) is 8.65. The smallest absolute Gasteiger partial charge is 0.306 e. The fourth-order valence-corrected chi connectivity index (χ4v) is 6.08. The van der Waals surface area contributed by atoms with E-state index in [9.17, 15) is 23.5 Å². The summed E-state index contributed by atoms with van der Waals surface area (Å²) in [4.78, 5) is 30.1. The summed E-state index contributed by atoms with van der Waals surface area (Å²) in [6.45, 7) is 0. The lowest BCUT2D eigenvalue weighted by Gasteiger charge is -2.34. The number of halogens is 2. The maximum absolute atomic E-state index is 14.5. The van der Waals surface area contributed by atoms with E-state index >= 15 is 0 Å². The van der Waals surface area contributed by atoms with Gasteiger partial charge in [0.2, 0.25) is 5.91 Å². The van der Waals surface area contributed by atoms with Crippen LogP contribution in [0.3, 0.4) is 0 Å². The number of nitrogens with one attached hydrogen (secondary N) is 1. The van der Waals surface area contributed by atoms with E-state index in [-0.39, 0.29) is 29.3 Å². The van der Waals surface area contributed by atoms with Gasteiger partial charge in [0.15, 0.2) is 11.6 Å². The first kappa shape index (κ1) is 26.1. The van der Waals surface area contributed by atoms with Crippen molar-refractivity contribution in [3.05, 3.63) is 48.0 Å². The summed E-state index contributed by atoms with van der Waals surface area (Å²) in [6.07, 6.45) is 6.99. The van der Waals surface area contributed by atoms with Crippen molar-refractivity contribution in [3.8, 4) is 17.1 Å². The van der Waals surface area contributed by atoms with E-state index in [4.69, 9.17) is 4.74 Å². The van der Waals surface area contributed by atoms with Gasteiger partial charge in [0, 0.05) is 23.7 Å². The third-order valence-corrected chi connectivity index (χ3v) is 8.15. The molecule has 0 saturated heterocycles. The number of hydrogen-bond donors (Lipinski definition) is 2. The Morgan fingerprint density at radius 1 is 1.00 bits per heavy atom. The number of carbonyl (C=O) groups is 2. The van der Waals surface area contributed by atoms with Crippen LogP contribution in [-0.2, 0) is 9.59 Å². The predicted octanol–water partition coefficient (Wildman–Crippen LogP) is 5.87. The molecule has 1 unspecified atom stereocenters. The molecule has 1 atom stereocenters. The Morgan fingerprint density at radius 2 is 1.66 bits per heavy atom. The van der Waals surface area contributed by atoms with Gasteiger partial charge in [0.05, 0.1) is 24.1 Å². The van der Waals surface area contributed by atoms with Crippen molar-refractivity contribution < 1.29 is 28.2 Å². The fraction of sp³-hybridized carbons (Fsp3) is 0.483. The molecule has 2 saturated carbocycles. The number of hydrogen-bond acceptors (Lipinski definition) is 4. The second-order valence-corrected chi connectivity index (χ2v) is 10.5. The first-order valence-corrected chi connectivity index (χ1v) is 13.4. The molecule has 38 heavy (non-hydrogen) atoms. The maximum Gasteiger partial charge on any atom is 0.306 e. The first-order valence-electron chi connectivity index (χ1n) is 13.4. The lowest BCUT2D eigenvalue weighted by Crippen LogP contribution is -2.44. The zero-order valence-corrected chi connectivity index (χ0v) is 21.5. The molecule has 0 radical (unpaired) electrons. The summed E-state index contributed by atoms with van der Waals surface area (Å²) >= 11 is 0. The number of aliphatic carboxylic acids is 1. The number of rotatable bonds is 7. The number of amides is 1. The molecule has 2 aliphatic rings. The van der Waals surface area contributed by atoms with Crippen molar-refractivity contribution in [2.45, 2.75) is 69.9 Å². The minimum Gasteiger partial charge on any atom is -0.497 e. The van der Waals surface area contributed by atoms with Crippen molar-refractivity contribution in [1.82, 2.24) is 14.9 Å². The van der Waals surface area contributed by atoms with Gasteiger partial charge in [-0.1, -0.05) is 19.3 Å². The molecule has 1 aromatic heterocycles.